The van der Waals surface area contributed by atoms with Gasteiger partial charge in [-0.2, -0.15) is 0 Å². The van der Waals surface area contributed by atoms with E-state index in [0.29, 0.717) is 12.1 Å². The van der Waals surface area contributed by atoms with Crippen LogP contribution < -0.4 is 10.1 Å². The first-order chi connectivity index (χ1) is 8.52. The van der Waals surface area contributed by atoms with E-state index in [2.05, 4.69) is 45.1 Å². The Bertz CT molecular complexity index is 331. The highest BCUT2D eigenvalue weighted by Gasteiger charge is 2.10. The molecule has 0 amide bonds. The zero-order valence-corrected chi connectivity index (χ0v) is 12.4. The fourth-order valence-corrected chi connectivity index (χ4v) is 2.08. The minimum absolute atomic E-state index is 0.387. The number of benzene rings is 1. The van der Waals surface area contributed by atoms with Crippen LogP contribution in [0.2, 0.25) is 0 Å². The molecule has 0 aliphatic heterocycles. The zero-order valence-electron chi connectivity index (χ0n) is 12.4. The van der Waals surface area contributed by atoms with Gasteiger partial charge in [-0.15, -0.1) is 0 Å². The largest absolute Gasteiger partial charge is 0.497 e. The molecule has 2 nitrogen and oxygen atoms in total. The summed E-state index contributed by atoms with van der Waals surface area (Å²) in [5.41, 5.74) is 1.31. The number of methoxy groups -OCH3 is 1. The highest BCUT2D eigenvalue weighted by molar-refractivity contribution is 5.28. The molecule has 1 aromatic rings. The summed E-state index contributed by atoms with van der Waals surface area (Å²) in [5, 5.41) is 3.65. The number of nitrogens with one attached hydrogen (secondary N) is 1. The van der Waals surface area contributed by atoms with Gasteiger partial charge in [-0.25, -0.2) is 0 Å². The van der Waals surface area contributed by atoms with Crippen molar-refractivity contribution in [2.45, 2.75) is 52.6 Å². The smallest absolute Gasteiger partial charge is 0.118 e. The van der Waals surface area contributed by atoms with Gasteiger partial charge in [0.05, 0.1) is 7.11 Å². The lowest BCUT2D eigenvalue weighted by Gasteiger charge is -2.21. The van der Waals surface area contributed by atoms with E-state index >= 15 is 0 Å². The van der Waals surface area contributed by atoms with Crippen LogP contribution >= 0.6 is 0 Å². The van der Waals surface area contributed by atoms with E-state index in [9.17, 15) is 0 Å². The average molecular weight is 249 g/mol. The van der Waals surface area contributed by atoms with Gasteiger partial charge in [0.2, 0.25) is 0 Å². The van der Waals surface area contributed by atoms with E-state index in [1.807, 2.05) is 12.1 Å². The minimum atomic E-state index is 0.387. The molecule has 0 saturated heterocycles. The van der Waals surface area contributed by atoms with Crippen LogP contribution in [0.3, 0.4) is 0 Å². The van der Waals surface area contributed by atoms with Gasteiger partial charge in [0.15, 0.2) is 0 Å². The van der Waals surface area contributed by atoms with Gasteiger partial charge in [0, 0.05) is 12.1 Å². The first-order valence-electron chi connectivity index (χ1n) is 6.93. The summed E-state index contributed by atoms with van der Waals surface area (Å²) in [7, 11) is 1.70. The molecule has 0 saturated carbocycles. The lowest BCUT2D eigenvalue weighted by Crippen LogP contribution is -2.29. The second-order valence-corrected chi connectivity index (χ2v) is 5.53. The highest BCUT2D eigenvalue weighted by Crippen LogP contribution is 2.18. The van der Waals surface area contributed by atoms with E-state index in [-0.39, 0.29) is 0 Å². The molecule has 0 aliphatic rings. The maximum Gasteiger partial charge on any atom is 0.118 e. The van der Waals surface area contributed by atoms with E-state index < -0.39 is 0 Å². The summed E-state index contributed by atoms with van der Waals surface area (Å²) < 4.78 is 5.17. The fourth-order valence-electron chi connectivity index (χ4n) is 2.08. The summed E-state index contributed by atoms with van der Waals surface area (Å²) in [6, 6.07) is 9.25. The first-order valence-corrected chi connectivity index (χ1v) is 6.93. The monoisotopic (exact) mass is 249 g/mol. The number of hydrogen-bond acceptors (Lipinski definition) is 2. The molecule has 1 unspecified atom stereocenters. The van der Waals surface area contributed by atoms with Crippen molar-refractivity contribution in [3.05, 3.63) is 29.8 Å². The van der Waals surface area contributed by atoms with Crippen LogP contribution in [0.15, 0.2) is 24.3 Å². The molecule has 0 heterocycles. The number of rotatable bonds is 7. The maximum absolute atomic E-state index is 5.17. The lowest BCUT2D eigenvalue weighted by molar-refractivity contribution is 0.410. The Hall–Kier alpha value is -1.02. The molecule has 0 bridgehead atoms. The van der Waals surface area contributed by atoms with Crippen molar-refractivity contribution < 1.29 is 4.74 Å². The molecule has 0 aromatic heterocycles. The summed E-state index contributed by atoms with van der Waals surface area (Å²) in [6.07, 6.45) is 2.52. The molecule has 2 heteroatoms. The van der Waals surface area contributed by atoms with E-state index in [4.69, 9.17) is 4.74 Å². The SMILES string of the molecule is COc1ccc([C@@H](C)NC(C)CCC(C)C)cc1. The lowest BCUT2D eigenvalue weighted by atomic mass is 10.0. The van der Waals surface area contributed by atoms with Gasteiger partial charge in [-0.3, -0.25) is 0 Å². The second-order valence-electron chi connectivity index (χ2n) is 5.53. The van der Waals surface area contributed by atoms with Crippen molar-refractivity contribution in [1.29, 1.82) is 0 Å². The third-order valence-electron chi connectivity index (χ3n) is 3.33. The number of hydrogen-bond donors (Lipinski definition) is 1. The van der Waals surface area contributed by atoms with Gasteiger partial charge in [0.25, 0.3) is 0 Å². The summed E-state index contributed by atoms with van der Waals surface area (Å²) in [4.78, 5) is 0. The van der Waals surface area contributed by atoms with Crippen LogP contribution in [-0.2, 0) is 0 Å². The predicted molar refractivity (Wildman–Crippen MR) is 78.1 cm³/mol. The predicted octanol–water partition coefficient (Wildman–Crippen LogP) is 4.17. The van der Waals surface area contributed by atoms with Crippen molar-refractivity contribution in [3.8, 4) is 5.75 Å². The maximum atomic E-state index is 5.17. The van der Waals surface area contributed by atoms with Crippen LogP contribution in [0.4, 0.5) is 0 Å². The van der Waals surface area contributed by atoms with Crippen LogP contribution in [0.5, 0.6) is 5.75 Å². The van der Waals surface area contributed by atoms with Crippen molar-refractivity contribution in [2.75, 3.05) is 7.11 Å². The molecule has 18 heavy (non-hydrogen) atoms. The molecule has 0 aliphatic carbocycles. The molecule has 1 rings (SSSR count). The van der Waals surface area contributed by atoms with Gasteiger partial charge in [-0.1, -0.05) is 26.0 Å². The van der Waals surface area contributed by atoms with Crippen LogP contribution in [0.1, 0.15) is 52.1 Å². The van der Waals surface area contributed by atoms with Crippen molar-refractivity contribution in [1.82, 2.24) is 5.32 Å². The fraction of sp³-hybridized carbons (Fsp3) is 0.625. The van der Waals surface area contributed by atoms with Crippen LogP contribution in [0, 0.1) is 5.92 Å². The standard InChI is InChI=1S/C16H27NO/c1-12(2)6-7-13(3)17-14(4)15-8-10-16(18-5)11-9-15/h8-14,17H,6-7H2,1-5H3/t13?,14-/m1/s1. The third-order valence-corrected chi connectivity index (χ3v) is 3.33. The Morgan fingerprint density at radius 1 is 1.00 bits per heavy atom. The van der Waals surface area contributed by atoms with Crippen molar-refractivity contribution in [3.63, 3.8) is 0 Å². The Balaban J connectivity index is 2.45. The van der Waals surface area contributed by atoms with Crippen LogP contribution in [-0.4, -0.2) is 13.2 Å². The Morgan fingerprint density at radius 2 is 1.61 bits per heavy atom. The molecule has 0 radical (unpaired) electrons. The topological polar surface area (TPSA) is 21.3 Å². The molecule has 0 spiro atoms. The van der Waals surface area contributed by atoms with E-state index in [1.165, 1.54) is 18.4 Å². The Morgan fingerprint density at radius 3 is 2.11 bits per heavy atom. The molecular weight excluding hydrogens is 222 g/mol. The molecule has 102 valence electrons. The average Bonchev–Trinajstić information content (AvgIpc) is 2.36. The molecule has 1 N–H and O–H groups in total. The Labute approximate surface area is 112 Å². The molecule has 1 aromatic carbocycles. The van der Waals surface area contributed by atoms with Crippen molar-refractivity contribution >= 4 is 0 Å². The zero-order chi connectivity index (χ0) is 13.5. The van der Waals surface area contributed by atoms with Crippen molar-refractivity contribution in [2.24, 2.45) is 5.92 Å². The van der Waals surface area contributed by atoms with Gasteiger partial charge in [0.1, 0.15) is 5.75 Å². The van der Waals surface area contributed by atoms with Gasteiger partial charge in [-0.05, 0) is 50.3 Å². The third kappa shape index (κ3) is 5.09. The summed E-state index contributed by atoms with van der Waals surface area (Å²) >= 11 is 0. The molecular formula is C16H27NO. The first kappa shape index (κ1) is 15.0. The highest BCUT2D eigenvalue weighted by atomic mass is 16.5. The molecule has 2 atom stereocenters. The summed E-state index contributed by atoms with van der Waals surface area (Å²) in [6.45, 7) is 9.04. The van der Waals surface area contributed by atoms with E-state index in [0.717, 1.165) is 11.7 Å². The van der Waals surface area contributed by atoms with Gasteiger partial charge < -0.3 is 10.1 Å². The second kappa shape index (κ2) is 7.42. The minimum Gasteiger partial charge on any atom is -0.497 e. The van der Waals surface area contributed by atoms with Gasteiger partial charge >= 0.3 is 0 Å². The quantitative estimate of drug-likeness (QED) is 0.783. The van der Waals surface area contributed by atoms with Crippen LogP contribution in [0.25, 0.3) is 0 Å². The number of ether oxygens (including phenoxy) is 1. The normalized spacial score (nSPS) is 14.6. The van der Waals surface area contributed by atoms with E-state index in [1.54, 1.807) is 7.11 Å². The Kier molecular flexibility index (Phi) is 6.20. The molecule has 0 fully saturated rings. The summed E-state index contributed by atoms with van der Waals surface area (Å²) in [5.74, 6) is 1.70.